The first-order chi connectivity index (χ1) is 11.8. The lowest BCUT2D eigenvalue weighted by atomic mass is 10.1. The van der Waals surface area contributed by atoms with E-state index < -0.39 is 10.8 Å². The lowest BCUT2D eigenvalue weighted by Gasteiger charge is -2.16. The molecule has 4 rings (SSSR count). The number of aromatic nitrogens is 3. The predicted octanol–water partition coefficient (Wildman–Crippen LogP) is 3.54. The van der Waals surface area contributed by atoms with Gasteiger partial charge in [0, 0.05) is 11.8 Å². The molecule has 1 aliphatic rings. The quantitative estimate of drug-likeness (QED) is 0.740. The topological polar surface area (TPSA) is 67.9 Å². The van der Waals surface area contributed by atoms with Gasteiger partial charge < -0.3 is 9.72 Å². The van der Waals surface area contributed by atoms with Crippen LogP contribution in [0.15, 0.2) is 41.7 Å². The van der Waals surface area contributed by atoms with Crippen molar-refractivity contribution in [2.75, 3.05) is 7.11 Å². The van der Waals surface area contributed by atoms with Crippen molar-refractivity contribution in [2.24, 2.45) is 0 Å². The van der Waals surface area contributed by atoms with Crippen molar-refractivity contribution in [3.63, 3.8) is 0 Å². The highest BCUT2D eigenvalue weighted by Crippen LogP contribution is 2.37. The minimum absolute atomic E-state index is 0.154. The third kappa shape index (κ3) is 2.60. The Balaban J connectivity index is 1.77. The molecule has 0 fully saturated rings. The molecule has 1 aromatic carbocycles. The van der Waals surface area contributed by atoms with Gasteiger partial charge in [-0.2, -0.15) is 0 Å². The summed E-state index contributed by atoms with van der Waals surface area (Å²) in [6.07, 6.45) is 5.59. The molecule has 2 atom stereocenters. The monoisotopic (exact) mass is 341 g/mol. The Labute approximate surface area is 142 Å². The molecule has 0 saturated carbocycles. The van der Waals surface area contributed by atoms with E-state index in [0.29, 0.717) is 5.16 Å². The standard InChI is InChI=1S/C18H19N3O2S/c1-23-15-10-11-19-17-12(15)6-2-5-9-16(17)24(22)18-20-13-7-3-4-8-14(13)21-18/h3-4,7-8,10-11,16H,2,5-6,9H2,1H3,(H,20,21)/t16-,24?/m0/s1. The van der Waals surface area contributed by atoms with Crippen LogP contribution in [0.2, 0.25) is 0 Å². The molecule has 124 valence electrons. The summed E-state index contributed by atoms with van der Waals surface area (Å²) in [6, 6.07) is 9.63. The maximum absolute atomic E-state index is 13.2. The molecule has 5 nitrogen and oxygen atoms in total. The second kappa shape index (κ2) is 6.36. The Morgan fingerprint density at radius 2 is 2.12 bits per heavy atom. The van der Waals surface area contributed by atoms with Gasteiger partial charge in [0.15, 0.2) is 5.16 Å². The van der Waals surface area contributed by atoms with Gasteiger partial charge in [0.05, 0.1) is 39.9 Å². The summed E-state index contributed by atoms with van der Waals surface area (Å²) in [6.45, 7) is 0. The first-order valence-electron chi connectivity index (χ1n) is 8.15. The highest BCUT2D eigenvalue weighted by Gasteiger charge is 2.29. The van der Waals surface area contributed by atoms with Crippen molar-refractivity contribution < 1.29 is 8.95 Å². The van der Waals surface area contributed by atoms with Crippen LogP contribution in [0.25, 0.3) is 11.0 Å². The van der Waals surface area contributed by atoms with Crippen LogP contribution in [0.3, 0.4) is 0 Å². The largest absolute Gasteiger partial charge is 0.496 e. The number of nitrogens with one attached hydrogen (secondary N) is 1. The molecule has 1 aliphatic carbocycles. The van der Waals surface area contributed by atoms with Crippen LogP contribution in [0, 0.1) is 0 Å². The van der Waals surface area contributed by atoms with Crippen LogP contribution >= 0.6 is 0 Å². The normalized spacial score (nSPS) is 18.8. The van der Waals surface area contributed by atoms with Crippen LogP contribution in [-0.4, -0.2) is 26.3 Å². The third-order valence-electron chi connectivity index (χ3n) is 4.53. The van der Waals surface area contributed by atoms with E-state index in [2.05, 4.69) is 15.0 Å². The number of benzene rings is 1. The van der Waals surface area contributed by atoms with Crippen molar-refractivity contribution in [3.05, 3.63) is 47.8 Å². The van der Waals surface area contributed by atoms with Crippen LogP contribution in [0.4, 0.5) is 0 Å². The summed E-state index contributed by atoms with van der Waals surface area (Å²) in [5, 5.41) is 0.372. The van der Waals surface area contributed by atoms with Gasteiger partial charge >= 0.3 is 0 Å². The minimum Gasteiger partial charge on any atom is -0.496 e. The van der Waals surface area contributed by atoms with Gasteiger partial charge in [-0.25, -0.2) is 4.98 Å². The molecule has 0 bridgehead atoms. The van der Waals surface area contributed by atoms with E-state index in [1.54, 1.807) is 13.3 Å². The Hall–Kier alpha value is -2.21. The SMILES string of the molecule is COc1ccnc2c1CCCC[C@@H]2S(=O)c1nc2ccccc2[nH]1. The Kier molecular flexibility index (Phi) is 4.06. The molecule has 0 spiro atoms. The fourth-order valence-electron chi connectivity index (χ4n) is 3.35. The number of methoxy groups -OCH3 is 1. The Morgan fingerprint density at radius 3 is 2.96 bits per heavy atom. The first kappa shape index (κ1) is 15.3. The van der Waals surface area contributed by atoms with Crippen molar-refractivity contribution in [1.82, 2.24) is 15.0 Å². The van der Waals surface area contributed by atoms with E-state index in [1.165, 1.54) is 0 Å². The molecule has 2 aromatic heterocycles. The molecule has 0 radical (unpaired) electrons. The van der Waals surface area contributed by atoms with Crippen molar-refractivity contribution in [3.8, 4) is 5.75 Å². The number of fused-ring (bicyclic) bond motifs is 2. The molecular formula is C18H19N3O2S. The number of H-pyrrole nitrogens is 1. The van der Waals surface area contributed by atoms with Gasteiger partial charge in [0.1, 0.15) is 5.75 Å². The number of hydrogen-bond donors (Lipinski definition) is 1. The van der Waals surface area contributed by atoms with Gasteiger partial charge in [-0.1, -0.05) is 18.6 Å². The van der Waals surface area contributed by atoms with Crippen molar-refractivity contribution >= 4 is 21.8 Å². The second-order valence-corrected chi connectivity index (χ2v) is 7.52. The third-order valence-corrected chi connectivity index (χ3v) is 6.08. The number of rotatable bonds is 3. The zero-order valence-electron chi connectivity index (χ0n) is 13.5. The van der Waals surface area contributed by atoms with Crippen LogP contribution in [0.1, 0.15) is 35.8 Å². The van der Waals surface area contributed by atoms with Crippen LogP contribution in [0.5, 0.6) is 5.75 Å². The van der Waals surface area contributed by atoms with E-state index in [4.69, 9.17) is 4.74 Å². The fraction of sp³-hybridized carbons (Fsp3) is 0.333. The molecule has 1 N–H and O–H groups in total. The first-order valence-corrected chi connectivity index (χ1v) is 9.36. The minimum atomic E-state index is -1.27. The molecule has 24 heavy (non-hydrogen) atoms. The van der Waals surface area contributed by atoms with E-state index in [0.717, 1.165) is 53.7 Å². The summed E-state index contributed by atoms with van der Waals surface area (Å²) in [5.74, 6) is 0.841. The summed E-state index contributed by atoms with van der Waals surface area (Å²) < 4.78 is 18.7. The number of ether oxygens (including phenoxy) is 1. The maximum Gasteiger partial charge on any atom is 0.198 e. The number of nitrogens with zero attached hydrogens (tertiary/aromatic N) is 2. The summed E-state index contributed by atoms with van der Waals surface area (Å²) in [4.78, 5) is 12.3. The Morgan fingerprint density at radius 1 is 1.25 bits per heavy atom. The lowest BCUT2D eigenvalue weighted by molar-refractivity contribution is 0.408. The van der Waals surface area contributed by atoms with Gasteiger partial charge in [-0.3, -0.25) is 9.19 Å². The number of imidazole rings is 1. The zero-order chi connectivity index (χ0) is 16.5. The average Bonchev–Trinajstić information content (AvgIpc) is 2.93. The number of hydrogen-bond acceptors (Lipinski definition) is 4. The van der Waals surface area contributed by atoms with Crippen molar-refractivity contribution in [1.29, 1.82) is 0 Å². The van der Waals surface area contributed by atoms with E-state index in [1.807, 2.05) is 30.3 Å². The lowest BCUT2D eigenvalue weighted by Crippen LogP contribution is -2.11. The highest BCUT2D eigenvalue weighted by atomic mass is 32.2. The maximum atomic E-state index is 13.2. The molecule has 2 heterocycles. The molecule has 3 aromatic rings. The molecule has 1 unspecified atom stereocenters. The molecule has 6 heteroatoms. The number of para-hydroxylation sites is 2. The smallest absolute Gasteiger partial charge is 0.198 e. The molecular weight excluding hydrogens is 322 g/mol. The average molecular weight is 341 g/mol. The fourth-order valence-corrected chi connectivity index (χ4v) is 4.80. The Bertz CT molecular complexity index is 873. The summed E-state index contributed by atoms with van der Waals surface area (Å²) in [5.41, 5.74) is 3.74. The number of aromatic amines is 1. The highest BCUT2D eigenvalue weighted by molar-refractivity contribution is 7.85. The second-order valence-electron chi connectivity index (χ2n) is 5.97. The van der Waals surface area contributed by atoms with Gasteiger partial charge in [0.25, 0.3) is 0 Å². The van der Waals surface area contributed by atoms with Gasteiger partial charge in [0.2, 0.25) is 0 Å². The molecule has 0 amide bonds. The predicted molar refractivity (Wildman–Crippen MR) is 93.6 cm³/mol. The van der Waals surface area contributed by atoms with E-state index in [9.17, 15) is 4.21 Å². The summed E-state index contributed by atoms with van der Waals surface area (Å²) >= 11 is 0. The summed E-state index contributed by atoms with van der Waals surface area (Å²) in [7, 11) is 0.402. The molecule has 0 saturated heterocycles. The van der Waals surface area contributed by atoms with Crippen LogP contribution in [-0.2, 0) is 17.2 Å². The molecule has 0 aliphatic heterocycles. The zero-order valence-corrected chi connectivity index (χ0v) is 14.3. The van der Waals surface area contributed by atoms with E-state index >= 15 is 0 Å². The van der Waals surface area contributed by atoms with Crippen LogP contribution < -0.4 is 4.74 Å². The number of pyridine rings is 1. The van der Waals surface area contributed by atoms with Crippen molar-refractivity contribution in [2.45, 2.75) is 36.1 Å². The van der Waals surface area contributed by atoms with E-state index in [-0.39, 0.29) is 5.25 Å². The van der Waals surface area contributed by atoms with Gasteiger partial charge in [-0.15, -0.1) is 0 Å². The van der Waals surface area contributed by atoms with Gasteiger partial charge in [-0.05, 0) is 37.5 Å².